The second-order valence-corrected chi connectivity index (χ2v) is 7.63. The van der Waals surface area contributed by atoms with Gasteiger partial charge in [0.15, 0.2) is 0 Å². The molecule has 0 bridgehead atoms. The van der Waals surface area contributed by atoms with Gasteiger partial charge in [-0.2, -0.15) is 0 Å². The third-order valence-corrected chi connectivity index (χ3v) is 5.98. The Bertz CT molecular complexity index is 346. The van der Waals surface area contributed by atoms with Crippen LogP contribution in [0.4, 0.5) is 0 Å². The van der Waals surface area contributed by atoms with Gasteiger partial charge in [-0.3, -0.25) is 0 Å². The van der Waals surface area contributed by atoms with Crippen LogP contribution in [0.3, 0.4) is 0 Å². The lowest BCUT2D eigenvalue weighted by Crippen LogP contribution is -2.43. The molecular weight excluding hydrogens is 284 g/mol. The number of hydrogen-bond acceptors (Lipinski definition) is 5. The van der Waals surface area contributed by atoms with E-state index in [-0.39, 0.29) is 0 Å². The second kappa shape index (κ2) is 11.8. The second-order valence-electron chi connectivity index (χ2n) is 4.54. The minimum absolute atomic E-state index is 0.597. The van der Waals surface area contributed by atoms with E-state index in [2.05, 4.69) is 31.2 Å². The van der Waals surface area contributed by atoms with Crippen LogP contribution in [0, 0.1) is 0 Å². The van der Waals surface area contributed by atoms with Gasteiger partial charge in [0.1, 0.15) is 0 Å². The van der Waals surface area contributed by atoms with E-state index in [1.165, 1.54) is 11.1 Å². The van der Waals surface area contributed by atoms with Crippen molar-refractivity contribution in [3.63, 3.8) is 0 Å². The summed E-state index contributed by atoms with van der Waals surface area (Å²) >= 11 is 0. The fourth-order valence-corrected chi connectivity index (χ4v) is 3.50. The summed E-state index contributed by atoms with van der Waals surface area (Å²) in [6.07, 6.45) is 2.00. The minimum atomic E-state index is -2.42. The van der Waals surface area contributed by atoms with Crippen molar-refractivity contribution < 1.29 is 13.3 Å². The summed E-state index contributed by atoms with van der Waals surface area (Å²) in [4.78, 5) is 0. The summed E-state index contributed by atoms with van der Waals surface area (Å²) in [7, 11) is 2.53. The van der Waals surface area contributed by atoms with Gasteiger partial charge in [0.05, 0.1) is 0 Å². The Morgan fingerprint density at radius 1 is 0.857 bits per heavy atom. The van der Waals surface area contributed by atoms with Gasteiger partial charge in [-0.05, 0) is 24.0 Å². The van der Waals surface area contributed by atoms with E-state index in [0.29, 0.717) is 13.1 Å². The molecule has 1 aromatic rings. The van der Waals surface area contributed by atoms with Crippen molar-refractivity contribution in [1.29, 1.82) is 0 Å². The zero-order valence-corrected chi connectivity index (χ0v) is 14.7. The highest BCUT2D eigenvalue weighted by atomic mass is 28.4. The number of rotatable bonds is 8. The Balaban J connectivity index is 0.000000885. The molecule has 0 aromatic heterocycles. The van der Waals surface area contributed by atoms with Gasteiger partial charge < -0.3 is 24.7 Å². The van der Waals surface area contributed by atoms with Gasteiger partial charge in [-0.1, -0.05) is 31.2 Å². The van der Waals surface area contributed by atoms with E-state index in [4.69, 9.17) is 24.7 Å². The standard InChI is InChI=1S/C13H22O3Si.C2H8N2/c1-5-12-6-8-13(9-7-12)10-11-17(14-2,15-3)16-4;3-1-2-4/h6-9H,5,10-11H2,1-4H3;1-4H2. The van der Waals surface area contributed by atoms with Gasteiger partial charge in [0.25, 0.3) is 0 Å². The van der Waals surface area contributed by atoms with Crippen molar-refractivity contribution in [2.45, 2.75) is 25.8 Å². The van der Waals surface area contributed by atoms with Crippen molar-refractivity contribution >= 4 is 8.80 Å². The van der Waals surface area contributed by atoms with Gasteiger partial charge in [-0.15, -0.1) is 0 Å². The molecule has 4 N–H and O–H groups in total. The highest BCUT2D eigenvalue weighted by Crippen LogP contribution is 2.17. The minimum Gasteiger partial charge on any atom is -0.377 e. The molecule has 21 heavy (non-hydrogen) atoms. The lowest BCUT2D eigenvalue weighted by molar-refractivity contribution is 0.123. The first-order valence-corrected chi connectivity index (χ1v) is 9.17. The van der Waals surface area contributed by atoms with Crippen LogP contribution in [0.5, 0.6) is 0 Å². The summed E-state index contributed by atoms with van der Waals surface area (Å²) in [5.41, 5.74) is 12.5. The quantitative estimate of drug-likeness (QED) is 0.712. The molecule has 0 saturated carbocycles. The molecule has 5 nitrogen and oxygen atoms in total. The zero-order valence-electron chi connectivity index (χ0n) is 13.7. The van der Waals surface area contributed by atoms with Crippen molar-refractivity contribution in [1.82, 2.24) is 0 Å². The maximum Gasteiger partial charge on any atom is 0.500 e. The van der Waals surface area contributed by atoms with E-state index >= 15 is 0 Å². The van der Waals surface area contributed by atoms with Crippen molar-refractivity contribution in [3.05, 3.63) is 35.4 Å². The Morgan fingerprint density at radius 2 is 1.29 bits per heavy atom. The number of hydrogen-bond donors (Lipinski definition) is 2. The molecule has 1 rings (SSSR count). The van der Waals surface area contributed by atoms with Crippen LogP contribution >= 0.6 is 0 Å². The first kappa shape index (κ1) is 20.2. The van der Waals surface area contributed by atoms with Crippen LogP contribution in [0.1, 0.15) is 18.1 Å². The molecule has 1 aromatic carbocycles. The molecular formula is C15H30N2O3Si. The van der Waals surface area contributed by atoms with Crippen molar-refractivity contribution in [2.75, 3.05) is 34.4 Å². The highest BCUT2D eigenvalue weighted by molar-refractivity contribution is 6.60. The molecule has 0 aliphatic rings. The predicted molar refractivity (Wildman–Crippen MR) is 89.2 cm³/mol. The average molecular weight is 315 g/mol. The topological polar surface area (TPSA) is 79.7 Å². The molecule has 0 atom stereocenters. The van der Waals surface area contributed by atoms with E-state index < -0.39 is 8.80 Å². The molecule has 0 radical (unpaired) electrons. The molecule has 122 valence electrons. The molecule has 0 aliphatic heterocycles. The smallest absolute Gasteiger partial charge is 0.377 e. The Morgan fingerprint density at radius 3 is 1.62 bits per heavy atom. The summed E-state index contributed by atoms with van der Waals surface area (Å²) in [5, 5.41) is 0. The van der Waals surface area contributed by atoms with Crippen LogP contribution in [0.15, 0.2) is 24.3 Å². The summed E-state index contributed by atoms with van der Waals surface area (Å²) in [6, 6.07) is 9.48. The molecule has 0 saturated heterocycles. The molecule has 0 fully saturated rings. The van der Waals surface area contributed by atoms with Crippen LogP contribution in [-0.2, 0) is 26.1 Å². The monoisotopic (exact) mass is 314 g/mol. The van der Waals surface area contributed by atoms with Gasteiger partial charge in [0, 0.05) is 40.5 Å². The highest BCUT2D eigenvalue weighted by Gasteiger charge is 2.36. The predicted octanol–water partition coefficient (Wildman–Crippen LogP) is 1.57. The van der Waals surface area contributed by atoms with Crippen LogP contribution in [0.25, 0.3) is 0 Å². The van der Waals surface area contributed by atoms with Gasteiger partial charge >= 0.3 is 8.80 Å². The Kier molecular flexibility index (Phi) is 11.4. The van der Waals surface area contributed by atoms with Gasteiger partial charge in [0.2, 0.25) is 0 Å². The van der Waals surface area contributed by atoms with E-state index in [9.17, 15) is 0 Å². The van der Waals surface area contributed by atoms with Crippen LogP contribution in [-0.4, -0.2) is 43.2 Å². The molecule has 0 spiro atoms. The molecule has 0 aliphatic carbocycles. The Labute approximate surface area is 129 Å². The first-order chi connectivity index (χ1) is 10.1. The number of aryl methyl sites for hydroxylation is 2. The maximum atomic E-state index is 5.40. The maximum absolute atomic E-state index is 5.40. The lowest BCUT2D eigenvalue weighted by Gasteiger charge is -2.24. The van der Waals surface area contributed by atoms with Crippen molar-refractivity contribution in [2.24, 2.45) is 11.5 Å². The molecule has 6 heteroatoms. The Hall–Kier alpha value is -0.763. The summed E-state index contributed by atoms with van der Waals surface area (Å²) in [5.74, 6) is 0. The molecule has 0 unspecified atom stereocenters. The van der Waals surface area contributed by atoms with E-state index in [1.807, 2.05) is 0 Å². The zero-order chi connectivity index (χ0) is 16.1. The van der Waals surface area contributed by atoms with Gasteiger partial charge in [-0.25, -0.2) is 0 Å². The lowest BCUT2D eigenvalue weighted by atomic mass is 10.1. The average Bonchev–Trinajstić information content (AvgIpc) is 2.57. The van der Waals surface area contributed by atoms with Crippen LogP contribution < -0.4 is 11.5 Å². The summed E-state index contributed by atoms with van der Waals surface area (Å²) < 4.78 is 16.2. The third kappa shape index (κ3) is 7.70. The summed E-state index contributed by atoms with van der Waals surface area (Å²) in [6.45, 7) is 3.35. The SMILES string of the molecule is CCc1ccc(CC[Si](OC)(OC)OC)cc1.NCCN. The van der Waals surface area contributed by atoms with Crippen molar-refractivity contribution in [3.8, 4) is 0 Å². The fraction of sp³-hybridized carbons (Fsp3) is 0.600. The number of benzene rings is 1. The normalized spacial score (nSPS) is 11.0. The largest absolute Gasteiger partial charge is 0.500 e. The first-order valence-electron chi connectivity index (χ1n) is 7.24. The third-order valence-electron chi connectivity index (χ3n) is 3.25. The van der Waals surface area contributed by atoms with Crippen LogP contribution in [0.2, 0.25) is 6.04 Å². The van der Waals surface area contributed by atoms with E-state index in [1.54, 1.807) is 21.3 Å². The number of nitrogens with two attached hydrogens (primary N) is 2. The fourth-order valence-electron chi connectivity index (χ4n) is 1.80. The molecule has 0 amide bonds. The van der Waals surface area contributed by atoms with E-state index in [0.717, 1.165) is 18.9 Å². The molecule has 0 heterocycles.